The molecule has 0 saturated heterocycles. The first-order chi connectivity index (χ1) is 9.71. The van der Waals surface area contributed by atoms with Gasteiger partial charge in [0.15, 0.2) is 11.6 Å². The second-order valence-corrected chi connectivity index (χ2v) is 7.40. The second-order valence-electron chi connectivity index (χ2n) is 5.57. The van der Waals surface area contributed by atoms with Crippen LogP contribution in [0.1, 0.15) is 39.3 Å². The lowest BCUT2D eigenvalue weighted by Crippen LogP contribution is -2.36. The van der Waals surface area contributed by atoms with Gasteiger partial charge in [-0.15, -0.1) is 0 Å². The van der Waals surface area contributed by atoms with Crippen LogP contribution in [0.2, 0.25) is 0 Å². The van der Waals surface area contributed by atoms with Crippen molar-refractivity contribution >= 4 is 31.9 Å². The molecule has 2 rings (SSSR count). The minimum absolute atomic E-state index is 0.607. The average Bonchev–Trinajstić information content (AvgIpc) is 2.38. The molecule has 2 heterocycles. The van der Waals surface area contributed by atoms with Gasteiger partial charge in [-0.1, -0.05) is 0 Å². The average molecular weight is 416 g/mol. The van der Waals surface area contributed by atoms with Gasteiger partial charge in [0.2, 0.25) is 0 Å². The Morgan fingerprint density at radius 3 is 1.29 bits per heavy atom. The first-order valence-corrected chi connectivity index (χ1v) is 7.95. The van der Waals surface area contributed by atoms with Gasteiger partial charge in [-0.25, -0.2) is 19.9 Å². The van der Waals surface area contributed by atoms with Gasteiger partial charge in [0.05, 0.1) is 8.95 Å². The minimum atomic E-state index is -0.666. The van der Waals surface area contributed by atoms with E-state index in [4.69, 9.17) is 4.74 Å². The zero-order valence-electron chi connectivity index (χ0n) is 12.3. The third-order valence-electron chi connectivity index (χ3n) is 2.83. The number of nitrogens with zero attached hydrogens (tertiary/aromatic N) is 4. The van der Waals surface area contributed by atoms with E-state index in [2.05, 4.69) is 51.8 Å². The summed E-state index contributed by atoms with van der Waals surface area (Å²) in [5, 5.41) is 0. The van der Waals surface area contributed by atoms with Crippen LogP contribution in [0.4, 0.5) is 0 Å². The molecule has 0 unspecified atom stereocenters. The number of rotatable bonds is 4. The quantitative estimate of drug-likeness (QED) is 0.755. The Bertz CT molecular complexity index is 556. The molecule has 0 fully saturated rings. The first kappa shape index (κ1) is 16.5. The van der Waals surface area contributed by atoms with Crippen LogP contribution in [0.15, 0.2) is 33.7 Å². The molecule has 0 aliphatic carbocycles. The fraction of sp³-hybridized carbons (Fsp3) is 0.429. The van der Waals surface area contributed by atoms with Crippen molar-refractivity contribution in [3.05, 3.63) is 45.4 Å². The van der Waals surface area contributed by atoms with Gasteiger partial charge in [0.1, 0.15) is 11.2 Å². The molecule has 0 radical (unpaired) electrons. The van der Waals surface area contributed by atoms with E-state index in [0.29, 0.717) is 11.6 Å². The van der Waals surface area contributed by atoms with E-state index in [1.807, 2.05) is 27.7 Å². The van der Waals surface area contributed by atoms with Crippen LogP contribution in [0, 0.1) is 0 Å². The van der Waals surface area contributed by atoms with Crippen LogP contribution in [-0.2, 0) is 15.9 Å². The maximum Gasteiger partial charge on any atom is 0.159 e. The molecule has 0 bridgehead atoms. The lowest BCUT2D eigenvalue weighted by atomic mass is 10.0. The van der Waals surface area contributed by atoms with Crippen molar-refractivity contribution in [2.24, 2.45) is 0 Å². The van der Waals surface area contributed by atoms with Gasteiger partial charge in [-0.2, -0.15) is 0 Å². The van der Waals surface area contributed by atoms with E-state index in [9.17, 15) is 0 Å². The van der Waals surface area contributed by atoms with Crippen LogP contribution < -0.4 is 0 Å². The third-order valence-corrected chi connectivity index (χ3v) is 3.65. The number of ether oxygens (including phenoxy) is 1. The topological polar surface area (TPSA) is 60.8 Å². The predicted molar refractivity (Wildman–Crippen MR) is 86.6 cm³/mol. The SMILES string of the molecule is CC(C)(OC(C)(C)c1ncc(Br)cn1)c1ncc(Br)cn1. The molecule has 0 aromatic carbocycles. The van der Waals surface area contributed by atoms with Crippen LogP contribution in [0.25, 0.3) is 0 Å². The first-order valence-electron chi connectivity index (χ1n) is 6.37. The van der Waals surface area contributed by atoms with Gasteiger partial charge in [0, 0.05) is 24.8 Å². The van der Waals surface area contributed by atoms with Gasteiger partial charge in [-0.05, 0) is 59.6 Å². The van der Waals surface area contributed by atoms with Crippen LogP contribution in [-0.4, -0.2) is 19.9 Å². The fourth-order valence-corrected chi connectivity index (χ4v) is 2.39. The predicted octanol–water partition coefficient (Wildman–Crippen LogP) is 3.98. The molecule has 0 saturated carbocycles. The summed E-state index contributed by atoms with van der Waals surface area (Å²) in [7, 11) is 0. The van der Waals surface area contributed by atoms with Crippen molar-refractivity contribution < 1.29 is 4.74 Å². The van der Waals surface area contributed by atoms with Gasteiger partial charge >= 0.3 is 0 Å². The van der Waals surface area contributed by atoms with E-state index in [1.165, 1.54) is 0 Å². The molecule has 7 heteroatoms. The highest BCUT2D eigenvalue weighted by Gasteiger charge is 2.35. The van der Waals surface area contributed by atoms with Crippen molar-refractivity contribution in [2.75, 3.05) is 0 Å². The number of hydrogen-bond donors (Lipinski definition) is 0. The Morgan fingerprint density at radius 2 is 1.00 bits per heavy atom. The number of halogens is 2. The largest absolute Gasteiger partial charge is 0.354 e. The van der Waals surface area contributed by atoms with Crippen LogP contribution in [0.3, 0.4) is 0 Å². The van der Waals surface area contributed by atoms with E-state index >= 15 is 0 Å². The van der Waals surface area contributed by atoms with Gasteiger partial charge in [-0.3, -0.25) is 0 Å². The second kappa shape index (κ2) is 6.06. The molecule has 0 aliphatic rings. The van der Waals surface area contributed by atoms with Gasteiger partial charge in [0.25, 0.3) is 0 Å². The van der Waals surface area contributed by atoms with Crippen molar-refractivity contribution in [3.63, 3.8) is 0 Å². The molecule has 2 aromatic heterocycles. The lowest BCUT2D eigenvalue weighted by Gasteiger charge is -2.33. The normalized spacial score (nSPS) is 12.5. The van der Waals surface area contributed by atoms with Crippen molar-refractivity contribution in [2.45, 2.75) is 38.9 Å². The zero-order chi connectivity index (χ0) is 15.7. The number of aromatic nitrogens is 4. The summed E-state index contributed by atoms with van der Waals surface area (Å²) in [6.45, 7) is 7.71. The fourth-order valence-electron chi connectivity index (χ4n) is 1.98. The Balaban J connectivity index is 2.25. The maximum atomic E-state index is 6.20. The molecule has 5 nitrogen and oxygen atoms in total. The number of hydrogen-bond acceptors (Lipinski definition) is 5. The van der Waals surface area contributed by atoms with E-state index in [1.54, 1.807) is 24.8 Å². The summed E-state index contributed by atoms with van der Waals surface area (Å²) < 4.78 is 7.86. The maximum absolute atomic E-state index is 6.20. The molecule has 2 aromatic rings. The lowest BCUT2D eigenvalue weighted by molar-refractivity contribution is -0.140. The minimum Gasteiger partial charge on any atom is -0.354 e. The van der Waals surface area contributed by atoms with E-state index < -0.39 is 11.2 Å². The van der Waals surface area contributed by atoms with Crippen molar-refractivity contribution in [1.29, 1.82) is 0 Å². The summed E-state index contributed by atoms with van der Waals surface area (Å²) in [6.07, 6.45) is 6.82. The smallest absolute Gasteiger partial charge is 0.159 e. The Kier molecular flexibility index (Phi) is 4.75. The van der Waals surface area contributed by atoms with E-state index in [0.717, 1.165) is 8.95 Å². The third kappa shape index (κ3) is 4.05. The molecule has 0 amide bonds. The van der Waals surface area contributed by atoms with Crippen LogP contribution >= 0.6 is 31.9 Å². The summed E-state index contributed by atoms with van der Waals surface area (Å²) in [5.74, 6) is 1.21. The summed E-state index contributed by atoms with van der Waals surface area (Å²) in [6, 6.07) is 0. The molecular weight excluding hydrogens is 400 g/mol. The standard InChI is InChI=1S/C14H16Br2N4O/c1-13(2,11-17-5-9(15)6-18-11)21-14(3,4)12-19-7-10(16)8-20-12/h5-8H,1-4H3. The van der Waals surface area contributed by atoms with Crippen molar-refractivity contribution in [3.8, 4) is 0 Å². The molecular formula is C14H16Br2N4O. The Labute approximate surface area is 140 Å². The monoisotopic (exact) mass is 414 g/mol. The Morgan fingerprint density at radius 1 is 0.714 bits per heavy atom. The highest BCUT2D eigenvalue weighted by atomic mass is 79.9. The summed E-state index contributed by atoms with van der Waals surface area (Å²) >= 11 is 6.65. The van der Waals surface area contributed by atoms with Crippen molar-refractivity contribution in [1.82, 2.24) is 19.9 Å². The Hall–Kier alpha value is -0.920. The molecule has 0 spiro atoms. The van der Waals surface area contributed by atoms with E-state index in [-0.39, 0.29) is 0 Å². The molecule has 0 N–H and O–H groups in total. The summed E-state index contributed by atoms with van der Waals surface area (Å²) in [5.41, 5.74) is -1.33. The van der Waals surface area contributed by atoms with Gasteiger partial charge < -0.3 is 4.74 Å². The highest BCUT2D eigenvalue weighted by molar-refractivity contribution is 9.10. The molecule has 21 heavy (non-hydrogen) atoms. The molecule has 0 aliphatic heterocycles. The highest BCUT2D eigenvalue weighted by Crippen LogP contribution is 2.32. The zero-order valence-corrected chi connectivity index (χ0v) is 15.4. The molecule has 112 valence electrons. The van der Waals surface area contributed by atoms with Crippen LogP contribution in [0.5, 0.6) is 0 Å². The summed E-state index contributed by atoms with van der Waals surface area (Å²) in [4.78, 5) is 17.2. The molecule has 0 atom stereocenters.